The second-order valence-corrected chi connectivity index (χ2v) is 4.64. The van der Waals surface area contributed by atoms with Gasteiger partial charge >= 0.3 is 0 Å². The molecule has 1 rings (SSSR count). The molecule has 3 N–H and O–H groups in total. The molecular formula is C6H13N3O3S. The highest BCUT2D eigenvalue weighted by Gasteiger charge is 2.29. The lowest BCUT2D eigenvalue weighted by molar-refractivity contribution is -0.119. The molecule has 7 heteroatoms. The Balaban J connectivity index is 2.50. The van der Waals surface area contributed by atoms with Crippen molar-refractivity contribution in [3.63, 3.8) is 0 Å². The van der Waals surface area contributed by atoms with E-state index >= 15 is 0 Å². The summed E-state index contributed by atoms with van der Waals surface area (Å²) in [5.41, 5.74) is 0. The number of hydrogen-bond acceptors (Lipinski definition) is 3. The summed E-state index contributed by atoms with van der Waals surface area (Å²) in [5.74, 6) is -0.152. The number of carbonyl (C=O) groups is 1. The van der Waals surface area contributed by atoms with Gasteiger partial charge in [-0.2, -0.15) is 12.7 Å². The summed E-state index contributed by atoms with van der Waals surface area (Å²) < 4.78 is 22.9. The normalized spacial score (nSPS) is 24.6. The average Bonchev–Trinajstić information content (AvgIpc) is 2.32. The topological polar surface area (TPSA) is 92.5 Å². The van der Waals surface area contributed by atoms with Gasteiger partial charge in [-0.15, -0.1) is 0 Å². The van der Waals surface area contributed by atoms with Gasteiger partial charge in [-0.25, -0.2) is 5.14 Å². The smallest absolute Gasteiger partial charge is 0.276 e. The van der Waals surface area contributed by atoms with E-state index in [4.69, 9.17) is 5.14 Å². The molecule has 0 aromatic carbocycles. The number of rotatable bonds is 2. The van der Waals surface area contributed by atoms with Gasteiger partial charge in [-0.05, 0) is 6.42 Å². The van der Waals surface area contributed by atoms with Crippen LogP contribution in [0.5, 0.6) is 0 Å². The molecule has 0 aromatic heterocycles. The van der Waals surface area contributed by atoms with Gasteiger partial charge in [0.1, 0.15) is 0 Å². The Bertz CT molecular complexity index is 300. The van der Waals surface area contributed by atoms with E-state index in [1.807, 2.05) is 0 Å². The van der Waals surface area contributed by atoms with Gasteiger partial charge in [0.2, 0.25) is 5.91 Å². The SMILES string of the molecule is CC(=O)NC1CCN(S(N)(=O)=O)C1. The molecule has 13 heavy (non-hydrogen) atoms. The molecule has 76 valence electrons. The molecule has 6 nitrogen and oxygen atoms in total. The first kappa shape index (κ1) is 10.4. The zero-order valence-corrected chi connectivity index (χ0v) is 8.17. The maximum Gasteiger partial charge on any atom is 0.276 e. The van der Waals surface area contributed by atoms with E-state index in [9.17, 15) is 13.2 Å². The minimum atomic E-state index is -3.59. The van der Waals surface area contributed by atoms with Crippen molar-refractivity contribution in [1.29, 1.82) is 0 Å². The van der Waals surface area contributed by atoms with Crippen molar-refractivity contribution in [3.8, 4) is 0 Å². The van der Waals surface area contributed by atoms with Crippen LogP contribution < -0.4 is 10.5 Å². The van der Waals surface area contributed by atoms with Crippen molar-refractivity contribution in [2.24, 2.45) is 5.14 Å². The van der Waals surface area contributed by atoms with Crippen molar-refractivity contribution in [2.45, 2.75) is 19.4 Å². The largest absolute Gasteiger partial charge is 0.352 e. The fourth-order valence-corrected chi connectivity index (χ4v) is 2.11. The van der Waals surface area contributed by atoms with Crippen molar-refractivity contribution in [1.82, 2.24) is 9.62 Å². The van der Waals surface area contributed by atoms with Crippen LogP contribution in [0.4, 0.5) is 0 Å². The van der Waals surface area contributed by atoms with Gasteiger partial charge in [0, 0.05) is 26.1 Å². The lowest BCUT2D eigenvalue weighted by Crippen LogP contribution is -2.39. The molecule has 0 bridgehead atoms. The van der Waals surface area contributed by atoms with Crippen molar-refractivity contribution in [2.75, 3.05) is 13.1 Å². The molecule has 1 aliphatic heterocycles. The second kappa shape index (κ2) is 3.60. The lowest BCUT2D eigenvalue weighted by atomic mass is 10.3. The summed E-state index contributed by atoms with van der Waals surface area (Å²) in [6, 6.07) is -0.101. The van der Waals surface area contributed by atoms with Gasteiger partial charge in [-0.3, -0.25) is 4.79 Å². The molecule has 1 unspecified atom stereocenters. The Hall–Kier alpha value is -0.660. The Morgan fingerprint density at radius 3 is 2.62 bits per heavy atom. The molecule has 0 spiro atoms. The van der Waals surface area contributed by atoms with E-state index in [1.165, 1.54) is 6.92 Å². The van der Waals surface area contributed by atoms with E-state index in [2.05, 4.69) is 5.32 Å². The van der Waals surface area contributed by atoms with Crippen LogP contribution in [0.1, 0.15) is 13.3 Å². The Morgan fingerprint density at radius 1 is 1.62 bits per heavy atom. The number of hydrogen-bond donors (Lipinski definition) is 2. The zero-order chi connectivity index (χ0) is 10.1. The highest BCUT2D eigenvalue weighted by Crippen LogP contribution is 2.10. The van der Waals surface area contributed by atoms with Crippen LogP contribution in [0, 0.1) is 0 Å². The predicted molar refractivity (Wildman–Crippen MR) is 46.9 cm³/mol. The third-order valence-electron chi connectivity index (χ3n) is 1.92. The fourth-order valence-electron chi connectivity index (χ4n) is 1.36. The van der Waals surface area contributed by atoms with Gasteiger partial charge in [-0.1, -0.05) is 0 Å². The first-order valence-corrected chi connectivity index (χ1v) is 5.45. The van der Waals surface area contributed by atoms with Crippen molar-refractivity contribution >= 4 is 16.1 Å². The third kappa shape index (κ3) is 2.94. The molecule has 1 amide bonds. The average molecular weight is 207 g/mol. The minimum Gasteiger partial charge on any atom is -0.352 e. The molecule has 0 aliphatic carbocycles. The number of nitrogens with two attached hydrogens (primary N) is 1. The molecular weight excluding hydrogens is 194 g/mol. The Labute approximate surface area is 77.3 Å². The van der Waals surface area contributed by atoms with Crippen LogP contribution >= 0.6 is 0 Å². The Kier molecular flexibility index (Phi) is 2.89. The highest BCUT2D eigenvalue weighted by atomic mass is 32.2. The van der Waals surface area contributed by atoms with Crippen LogP contribution in [0.15, 0.2) is 0 Å². The van der Waals surface area contributed by atoms with Crippen molar-refractivity contribution < 1.29 is 13.2 Å². The minimum absolute atomic E-state index is 0.101. The van der Waals surface area contributed by atoms with Crippen molar-refractivity contribution in [3.05, 3.63) is 0 Å². The number of nitrogens with one attached hydrogen (secondary N) is 1. The van der Waals surface area contributed by atoms with Crippen LogP contribution in [-0.2, 0) is 15.0 Å². The quantitative estimate of drug-likeness (QED) is 0.571. The summed E-state index contributed by atoms with van der Waals surface area (Å²) in [6.45, 7) is 2.06. The molecule has 0 aromatic rings. The van der Waals surface area contributed by atoms with Gasteiger partial charge in [0.15, 0.2) is 0 Å². The molecule has 1 atom stereocenters. The predicted octanol–water partition coefficient (Wildman–Crippen LogP) is -1.60. The summed E-state index contributed by atoms with van der Waals surface area (Å²) in [6.07, 6.45) is 0.621. The van der Waals surface area contributed by atoms with Crippen LogP contribution in [0.2, 0.25) is 0 Å². The van der Waals surface area contributed by atoms with Crippen LogP contribution in [0.3, 0.4) is 0 Å². The molecule has 1 aliphatic rings. The lowest BCUT2D eigenvalue weighted by Gasteiger charge is -2.12. The summed E-state index contributed by atoms with van der Waals surface area (Å²) in [5, 5.41) is 7.56. The number of nitrogens with zero attached hydrogens (tertiary/aromatic N) is 1. The monoisotopic (exact) mass is 207 g/mol. The molecule has 1 fully saturated rings. The van der Waals surface area contributed by atoms with Gasteiger partial charge in [0.25, 0.3) is 10.2 Å². The van der Waals surface area contributed by atoms with E-state index in [-0.39, 0.29) is 18.5 Å². The maximum absolute atomic E-state index is 10.9. The molecule has 0 radical (unpaired) electrons. The molecule has 1 heterocycles. The first-order chi connectivity index (χ1) is 5.89. The van der Waals surface area contributed by atoms with Gasteiger partial charge in [0.05, 0.1) is 0 Å². The highest BCUT2D eigenvalue weighted by molar-refractivity contribution is 7.86. The van der Waals surface area contributed by atoms with E-state index in [0.29, 0.717) is 13.0 Å². The number of amides is 1. The van der Waals surface area contributed by atoms with E-state index in [0.717, 1.165) is 4.31 Å². The maximum atomic E-state index is 10.9. The van der Waals surface area contributed by atoms with E-state index < -0.39 is 10.2 Å². The van der Waals surface area contributed by atoms with Crippen LogP contribution in [-0.4, -0.2) is 37.8 Å². The van der Waals surface area contributed by atoms with Gasteiger partial charge < -0.3 is 5.32 Å². The second-order valence-electron chi connectivity index (χ2n) is 3.09. The zero-order valence-electron chi connectivity index (χ0n) is 7.36. The summed E-state index contributed by atoms with van der Waals surface area (Å²) in [4.78, 5) is 10.6. The third-order valence-corrected chi connectivity index (χ3v) is 2.97. The number of carbonyl (C=O) groups excluding carboxylic acids is 1. The first-order valence-electron chi connectivity index (χ1n) is 3.94. The summed E-state index contributed by atoms with van der Waals surface area (Å²) >= 11 is 0. The van der Waals surface area contributed by atoms with E-state index in [1.54, 1.807) is 0 Å². The molecule has 1 saturated heterocycles. The summed E-state index contributed by atoms with van der Waals surface area (Å²) in [7, 11) is -3.59. The van der Waals surface area contributed by atoms with Crippen LogP contribution in [0.25, 0.3) is 0 Å². The molecule has 0 saturated carbocycles. The Morgan fingerprint density at radius 2 is 2.23 bits per heavy atom. The fraction of sp³-hybridized carbons (Fsp3) is 0.833. The standard InChI is InChI=1S/C6H13N3O3S/c1-5(10)8-6-2-3-9(4-6)13(7,11)12/h6H,2-4H2,1H3,(H,8,10)(H2,7,11,12).